The first-order valence-corrected chi connectivity index (χ1v) is 6.95. The fourth-order valence-electron chi connectivity index (χ4n) is 2.79. The Morgan fingerprint density at radius 3 is 2.79 bits per heavy atom. The predicted octanol–water partition coefficient (Wildman–Crippen LogP) is 1.37. The van der Waals surface area contributed by atoms with Gasteiger partial charge in [0.05, 0.1) is 18.8 Å². The number of aliphatic hydroxyl groups excluding tert-OH is 2. The topological polar surface area (TPSA) is 66.8 Å². The van der Waals surface area contributed by atoms with Gasteiger partial charge in [0.25, 0.3) is 0 Å². The smallest absolute Gasteiger partial charge is 0.159 e. The Bertz CT molecular complexity index is 397. The molecule has 106 valence electrons. The van der Waals surface area contributed by atoms with Crippen LogP contribution >= 0.6 is 0 Å². The normalized spacial score (nSPS) is 30.7. The summed E-state index contributed by atoms with van der Waals surface area (Å²) in [6, 6.07) is 0. The number of ether oxygens (including phenoxy) is 1. The second kappa shape index (κ2) is 6.46. The average Bonchev–Trinajstić information content (AvgIpc) is 2.40. The van der Waals surface area contributed by atoms with Crippen molar-refractivity contribution in [2.24, 2.45) is 5.92 Å². The molecule has 4 nitrogen and oxygen atoms in total. The number of fused-ring (bicyclic) bond motifs is 1. The lowest BCUT2D eigenvalue weighted by Crippen LogP contribution is -2.38. The van der Waals surface area contributed by atoms with E-state index >= 15 is 0 Å². The molecule has 19 heavy (non-hydrogen) atoms. The van der Waals surface area contributed by atoms with Crippen molar-refractivity contribution in [3.8, 4) is 0 Å². The fourth-order valence-corrected chi connectivity index (χ4v) is 2.79. The number of carbonyl (C=O) groups excluding carboxylic acids is 1. The zero-order valence-corrected chi connectivity index (χ0v) is 11.3. The third kappa shape index (κ3) is 3.32. The number of unbranched alkanes of at least 4 members (excludes halogenated alkanes) is 1. The van der Waals surface area contributed by atoms with E-state index in [1.54, 1.807) is 0 Å². The van der Waals surface area contributed by atoms with Crippen molar-refractivity contribution in [2.45, 2.75) is 44.8 Å². The molecule has 2 rings (SSSR count). The lowest BCUT2D eigenvalue weighted by molar-refractivity contribution is -0.119. The van der Waals surface area contributed by atoms with Crippen LogP contribution in [0.4, 0.5) is 0 Å². The van der Waals surface area contributed by atoms with Crippen LogP contribution in [0.3, 0.4) is 0 Å². The molecule has 4 heteroatoms. The van der Waals surface area contributed by atoms with Crippen LogP contribution in [0.25, 0.3) is 0 Å². The maximum atomic E-state index is 11.7. The molecule has 0 fully saturated rings. The Labute approximate surface area is 113 Å². The molecular formula is C15H22O4. The minimum Gasteiger partial charge on any atom is -0.396 e. The van der Waals surface area contributed by atoms with Gasteiger partial charge in [-0.25, -0.2) is 0 Å². The molecule has 0 radical (unpaired) electrons. The van der Waals surface area contributed by atoms with Gasteiger partial charge >= 0.3 is 0 Å². The molecule has 2 aliphatic rings. The molecule has 0 aromatic carbocycles. The third-order valence-corrected chi connectivity index (χ3v) is 3.94. The van der Waals surface area contributed by atoms with Crippen LogP contribution < -0.4 is 0 Å². The second-order valence-corrected chi connectivity index (χ2v) is 5.34. The zero-order chi connectivity index (χ0) is 13.8. The molecule has 0 spiro atoms. The van der Waals surface area contributed by atoms with Crippen molar-refractivity contribution in [2.75, 3.05) is 13.2 Å². The zero-order valence-electron chi connectivity index (χ0n) is 11.3. The minimum absolute atomic E-state index is 0.00436. The monoisotopic (exact) mass is 266 g/mol. The van der Waals surface area contributed by atoms with E-state index in [1.165, 1.54) is 0 Å². The first-order valence-electron chi connectivity index (χ1n) is 6.95. The van der Waals surface area contributed by atoms with Crippen molar-refractivity contribution in [3.05, 3.63) is 23.3 Å². The quantitative estimate of drug-likeness (QED) is 0.582. The molecule has 0 aromatic heterocycles. The van der Waals surface area contributed by atoms with Crippen molar-refractivity contribution in [1.29, 1.82) is 0 Å². The number of hydrogen-bond donors (Lipinski definition) is 2. The second-order valence-electron chi connectivity index (χ2n) is 5.34. The van der Waals surface area contributed by atoms with Crippen molar-refractivity contribution in [1.82, 2.24) is 0 Å². The molecule has 0 bridgehead atoms. The van der Waals surface area contributed by atoms with Gasteiger partial charge in [-0.1, -0.05) is 6.08 Å². The third-order valence-electron chi connectivity index (χ3n) is 3.94. The highest BCUT2D eigenvalue weighted by molar-refractivity contribution is 5.96. The lowest BCUT2D eigenvalue weighted by atomic mass is 9.79. The van der Waals surface area contributed by atoms with Gasteiger partial charge in [0.1, 0.15) is 0 Å². The number of hydrogen-bond acceptors (Lipinski definition) is 4. The van der Waals surface area contributed by atoms with Crippen LogP contribution in [0, 0.1) is 5.92 Å². The molecule has 0 saturated carbocycles. The molecule has 1 aliphatic heterocycles. The lowest BCUT2D eigenvalue weighted by Gasteiger charge is -2.37. The maximum absolute atomic E-state index is 11.7. The highest BCUT2D eigenvalue weighted by Gasteiger charge is 2.35. The summed E-state index contributed by atoms with van der Waals surface area (Å²) in [7, 11) is 0. The Hall–Kier alpha value is -0.970. The van der Waals surface area contributed by atoms with E-state index in [4.69, 9.17) is 9.84 Å². The van der Waals surface area contributed by atoms with E-state index in [9.17, 15) is 9.90 Å². The van der Waals surface area contributed by atoms with E-state index in [2.05, 4.69) is 0 Å². The van der Waals surface area contributed by atoms with Crippen LogP contribution in [-0.2, 0) is 9.53 Å². The number of aliphatic hydroxyl groups is 2. The van der Waals surface area contributed by atoms with Gasteiger partial charge in [-0.3, -0.25) is 4.79 Å². The van der Waals surface area contributed by atoms with Crippen LogP contribution in [0.2, 0.25) is 0 Å². The Kier molecular flexibility index (Phi) is 4.91. The largest absolute Gasteiger partial charge is 0.396 e. The molecule has 3 atom stereocenters. The summed E-state index contributed by atoms with van der Waals surface area (Å²) in [6.07, 6.45) is 6.67. The molecule has 1 heterocycles. The van der Waals surface area contributed by atoms with E-state index in [0.29, 0.717) is 6.42 Å². The molecule has 0 amide bonds. The summed E-state index contributed by atoms with van der Waals surface area (Å²) in [5.41, 5.74) is 1.68. The molecule has 2 N–H and O–H groups in total. The highest BCUT2D eigenvalue weighted by atomic mass is 16.5. The minimum atomic E-state index is -0.0935. The number of allylic oxidation sites excluding steroid dienone is 1. The van der Waals surface area contributed by atoms with Crippen molar-refractivity contribution in [3.63, 3.8) is 0 Å². The number of ketones is 1. The first kappa shape index (κ1) is 14.4. The van der Waals surface area contributed by atoms with E-state index in [1.807, 2.05) is 19.1 Å². The van der Waals surface area contributed by atoms with Gasteiger partial charge in [-0.05, 0) is 43.4 Å². The Balaban J connectivity index is 2.09. The first-order chi connectivity index (χ1) is 9.15. The van der Waals surface area contributed by atoms with Gasteiger partial charge in [-0.2, -0.15) is 0 Å². The van der Waals surface area contributed by atoms with Gasteiger partial charge < -0.3 is 14.9 Å². The van der Waals surface area contributed by atoms with Crippen LogP contribution in [-0.4, -0.2) is 41.4 Å². The summed E-state index contributed by atoms with van der Waals surface area (Å²) in [5, 5.41) is 18.3. The molecule has 0 aromatic rings. The SMILES string of the molecule is CC1=CC2OC(CCCCO)C=C(CO)C2CC1=O. The number of Topliss-reactive ketones (excluding diaryl/α,β-unsaturated/α-hetero) is 1. The number of carbonyl (C=O) groups is 1. The average molecular weight is 266 g/mol. The van der Waals surface area contributed by atoms with Gasteiger partial charge in [-0.15, -0.1) is 0 Å². The fraction of sp³-hybridized carbons (Fsp3) is 0.667. The number of rotatable bonds is 5. The summed E-state index contributed by atoms with van der Waals surface area (Å²) < 4.78 is 5.99. The van der Waals surface area contributed by atoms with Crippen LogP contribution in [0.5, 0.6) is 0 Å². The van der Waals surface area contributed by atoms with Gasteiger partial charge in [0, 0.05) is 18.9 Å². The van der Waals surface area contributed by atoms with Crippen molar-refractivity contribution >= 4 is 5.78 Å². The highest BCUT2D eigenvalue weighted by Crippen LogP contribution is 2.35. The summed E-state index contributed by atoms with van der Waals surface area (Å²) in [5.74, 6) is 0.137. The standard InChI is InChI=1S/C15H22O4/c1-10-6-15-13(8-14(10)18)11(9-17)7-12(19-15)4-2-3-5-16/h6-7,12-13,15-17H,2-5,8-9H2,1H3. The van der Waals surface area contributed by atoms with Crippen molar-refractivity contribution < 1.29 is 19.7 Å². The van der Waals surface area contributed by atoms with Crippen LogP contribution in [0.15, 0.2) is 23.3 Å². The van der Waals surface area contributed by atoms with E-state index < -0.39 is 0 Å². The molecule has 1 aliphatic carbocycles. The molecular weight excluding hydrogens is 244 g/mol. The molecule has 0 saturated heterocycles. The van der Waals surface area contributed by atoms with E-state index in [-0.39, 0.29) is 37.1 Å². The summed E-state index contributed by atoms with van der Waals surface area (Å²) in [4.78, 5) is 11.7. The van der Waals surface area contributed by atoms with Crippen LogP contribution in [0.1, 0.15) is 32.6 Å². The predicted molar refractivity (Wildman–Crippen MR) is 71.6 cm³/mol. The van der Waals surface area contributed by atoms with E-state index in [0.717, 1.165) is 30.4 Å². The molecule has 3 unspecified atom stereocenters. The summed E-state index contributed by atoms with van der Waals surface area (Å²) >= 11 is 0. The Morgan fingerprint density at radius 1 is 1.32 bits per heavy atom. The maximum Gasteiger partial charge on any atom is 0.159 e. The Morgan fingerprint density at radius 2 is 2.11 bits per heavy atom. The van der Waals surface area contributed by atoms with Gasteiger partial charge in [0.2, 0.25) is 0 Å². The van der Waals surface area contributed by atoms with Gasteiger partial charge in [0.15, 0.2) is 5.78 Å². The summed E-state index contributed by atoms with van der Waals surface area (Å²) in [6.45, 7) is 2.00.